The molecular formula is C35H53NO6. The minimum atomic E-state index is -0.753. The van der Waals surface area contributed by atoms with Crippen LogP contribution in [-0.4, -0.2) is 41.9 Å². The number of esters is 1. The highest BCUT2D eigenvalue weighted by Crippen LogP contribution is 2.75. The van der Waals surface area contributed by atoms with Gasteiger partial charge >= 0.3 is 11.9 Å². The molecule has 2 N–H and O–H groups in total. The summed E-state index contributed by atoms with van der Waals surface area (Å²) in [6, 6.07) is -0.0169. The van der Waals surface area contributed by atoms with Crippen molar-refractivity contribution in [3.8, 4) is 0 Å². The van der Waals surface area contributed by atoms with Crippen LogP contribution in [0.15, 0.2) is 11.6 Å². The molecule has 0 spiro atoms. The monoisotopic (exact) mass is 583 g/mol. The molecule has 0 aliphatic heterocycles. The van der Waals surface area contributed by atoms with Gasteiger partial charge in [-0.25, -0.2) is 0 Å². The van der Waals surface area contributed by atoms with Crippen molar-refractivity contribution in [2.45, 2.75) is 125 Å². The van der Waals surface area contributed by atoms with Gasteiger partial charge in [0, 0.05) is 18.4 Å². The van der Waals surface area contributed by atoms with Crippen LogP contribution < -0.4 is 5.32 Å². The van der Waals surface area contributed by atoms with Gasteiger partial charge in [0.05, 0.1) is 18.9 Å². The van der Waals surface area contributed by atoms with Crippen molar-refractivity contribution in [1.29, 1.82) is 0 Å². The summed E-state index contributed by atoms with van der Waals surface area (Å²) in [6.45, 7) is 15.8. The van der Waals surface area contributed by atoms with Crippen LogP contribution in [0, 0.1) is 50.2 Å². The predicted octanol–water partition coefficient (Wildman–Crippen LogP) is 6.49. The zero-order valence-electron chi connectivity index (χ0n) is 27.2. The molecule has 7 nitrogen and oxygen atoms in total. The Morgan fingerprint density at radius 3 is 2.24 bits per heavy atom. The molecule has 0 unspecified atom stereocenters. The number of nitrogens with one attached hydrogen (secondary N) is 1. The van der Waals surface area contributed by atoms with E-state index in [1.807, 2.05) is 13.0 Å². The number of methoxy groups -OCH3 is 1. The SMILES string of the molecule is COC(=O)CCC(=O)N[C@H]1CC[C@]2(C)[C@H]3C(=O)C=C4[C@@H]5C[C@@](C)(C(=O)O)CC[C@]5(C)CC[C@@]4(C)[C@]3(C)CC[C@H]2C1(C)C. The van der Waals surface area contributed by atoms with E-state index >= 15 is 0 Å². The van der Waals surface area contributed by atoms with Crippen LogP contribution in [0.5, 0.6) is 0 Å². The minimum Gasteiger partial charge on any atom is -0.481 e. The van der Waals surface area contributed by atoms with Crippen LogP contribution in [-0.2, 0) is 23.9 Å². The van der Waals surface area contributed by atoms with Gasteiger partial charge in [0.25, 0.3) is 0 Å². The molecule has 7 heteroatoms. The van der Waals surface area contributed by atoms with Gasteiger partial charge in [0.2, 0.25) is 5.91 Å². The Labute approximate surface area is 252 Å². The molecule has 0 saturated heterocycles. The smallest absolute Gasteiger partial charge is 0.309 e. The zero-order chi connectivity index (χ0) is 31.1. The number of ketones is 1. The van der Waals surface area contributed by atoms with Crippen LogP contribution in [0.1, 0.15) is 119 Å². The summed E-state index contributed by atoms with van der Waals surface area (Å²) in [7, 11) is 1.33. The van der Waals surface area contributed by atoms with E-state index in [1.165, 1.54) is 12.7 Å². The Morgan fingerprint density at radius 1 is 0.929 bits per heavy atom. The molecule has 5 rings (SSSR count). The summed E-state index contributed by atoms with van der Waals surface area (Å²) < 4.78 is 4.70. The third-order valence-electron chi connectivity index (χ3n) is 14.2. The van der Waals surface area contributed by atoms with E-state index in [0.717, 1.165) is 44.9 Å². The zero-order valence-corrected chi connectivity index (χ0v) is 27.2. The molecule has 5 aliphatic rings. The van der Waals surface area contributed by atoms with Gasteiger partial charge in [-0.2, -0.15) is 0 Å². The maximum absolute atomic E-state index is 14.5. The summed E-state index contributed by atoms with van der Waals surface area (Å²) >= 11 is 0. The highest BCUT2D eigenvalue weighted by molar-refractivity contribution is 5.95. The Balaban J connectivity index is 1.46. The normalized spacial score (nSPS) is 45.7. The van der Waals surface area contributed by atoms with E-state index in [4.69, 9.17) is 4.74 Å². The minimum absolute atomic E-state index is 0.0169. The fourth-order valence-corrected chi connectivity index (χ4v) is 11.2. The molecule has 0 aromatic rings. The maximum atomic E-state index is 14.5. The quantitative estimate of drug-likeness (QED) is 0.358. The summed E-state index contributed by atoms with van der Waals surface area (Å²) in [5, 5.41) is 13.4. The standard InChI is InChI=1S/C35H53NO6/c1-30(2)24-11-14-35(7)28(33(24,5)13-12-25(30)36-26(38)9-10-27(39)42-8)23(37)19-21-22-20-32(4,29(40)41)16-15-31(22,3)17-18-34(21,35)6/h19,22,24-25,28H,9-18,20H2,1-8H3,(H,36,38)(H,40,41)/t22-,24-,25-,28+,31+,32-,33-,34+,35+/m0/s1. The predicted molar refractivity (Wildman–Crippen MR) is 160 cm³/mol. The molecule has 0 bridgehead atoms. The Bertz CT molecular complexity index is 1220. The van der Waals surface area contributed by atoms with E-state index < -0.39 is 11.4 Å². The molecule has 5 aliphatic carbocycles. The van der Waals surface area contributed by atoms with Gasteiger partial charge in [-0.1, -0.05) is 47.1 Å². The number of aliphatic carboxylic acids is 1. The fraction of sp³-hybridized carbons (Fsp3) is 0.829. The number of amides is 1. The lowest BCUT2D eigenvalue weighted by molar-refractivity contribution is -0.190. The summed E-state index contributed by atoms with van der Waals surface area (Å²) in [6.07, 6.45) is 10.1. The molecule has 0 aromatic heterocycles. The molecule has 0 radical (unpaired) electrons. The maximum Gasteiger partial charge on any atom is 0.309 e. The van der Waals surface area contributed by atoms with E-state index in [1.54, 1.807) is 0 Å². The number of ether oxygens (including phenoxy) is 1. The van der Waals surface area contributed by atoms with Crippen molar-refractivity contribution in [1.82, 2.24) is 5.32 Å². The molecule has 1 amide bonds. The lowest BCUT2D eigenvalue weighted by Crippen LogP contribution is -2.67. The number of hydrogen-bond acceptors (Lipinski definition) is 5. The second-order valence-electron chi connectivity index (χ2n) is 16.6. The molecule has 0 heterocycles. The van der Waals surface area contributed by atoms with Gasteiger partial charge in [-0.15, -0.1) is 0 Å². The summed E-state index contributed by atoms with van der Waals surface area (Å²) in [4.78, 5) is 51.2. The van der Waals surface area contributed by atoms with Gasteiger partial charge < -0.3 is 15.2 Å². The largest absolute Gasteiger partial charge is 0.481 e. The van der Waals surface area contributed by atoms with Crippen LogP contribution in [0.2, 0.25) is 0 Å². The van der Waals surface area contributed by atoms with Crippen molar-refractivity contribution in [2.75, 3.05) is 7.11 Å². The van der Waals surface area contributed by atoms with Crippen molar-refractivity contribution in [2.24, 2.45) is 50.2 Å². The first-order valence-electron chi connectivity index (χ1n) is 16.2. The lowest BCUT2D eigenvalue weighted by atomic mass is 9.33. The highest BCUT2D eigenvalue weighted by atomic mass is 16.5. The van der Waals surface area contributed by atoms with Crippen molar-refractivity contribution < 1.29 is 29.0 Å². The second kappa shape index (κ2) is 9.92. The van der Waals surface area contributed by atoms with Crippen LogP contribution in [0.4, 0.5) is 0 Å². The van der Waals surface area contributed by atoms with E-state index in [-0.39, 0.29) is 81.4 Å². The van der Waals surface area contributed by atoms with Crippen molar-refractivity contribution in [3.05, 3.63) is 11.6 Å². The third-order valence-corrected chi connectivity index (χ3v) is 14.2. The Kier molecular flexibility index (Phi) is 7.38. The van der Waals surface area contributed by atoms with Crippen molar-refractivity contribution in [3.63, 3.8) is 0 Å². The number of carboxylic acids is 1. The molecular weight excluding hydrogens is 530 g/mol. The average Bonchev–Trinajstić information content (AvgIpc) is 2.91. The number of allylic oxidation sites excluding steroid dienone is 2. The number of rotatable bonds is 5. The molecule has 4 saturated carbocycles. The third kappa shape index (κ3) is 4.33. The number of hydrogen-bond donors (Lipinski definition) is 2. The molecule has 0 aromatic carbocycles. The molecule has 234 valence electrons. The van der Waals surface area contributed by atoms with E-state index in [0.29, 0.717) is 12.8 Å². The van der Waals surface area contributed by atoms with Gasteiger partial charge in [0.1, 0.15) is 0 Å². The van der Waals surface area contributed by atoms with E-state index in [9.17, 15) is 24.3 Å². The number of fused-ring (bicyclic) bond motifs is 7. The Morgan fingerprint density at radius 2 is 1.60 bits per heavy atom. The second-order valence-corrected chi connectivity index (χ2v) is 16.6. The van der Waals surface area contributed by atoms with Gasteiger partial charge in [-0.05, 0) is 110 Å². The first kappa shape index (κ1) is 31.3. The lowest BCUT2D eigenvalue weighted by Gasteiger charge is -2.70. The first-order valence-corrected chi connectivity index (χ1v) is 16.2. The fourth-order valence-electron chi connectivity index (χ4n) is 11.2. The van der Waals surface area contributed by atoms with Crippen LogP contribution >= 0.6 is 0 Å². The number of carbonyl (C=O) groups excluding carboxylic acids is 3. The highest BCUT2D eigenvalue weighted by Gasteiger charge is 2.70. The van der Waals surface area contributed by atoms with Gasteiger partial charge in [-0.3, -0.25) is 19.2 Å². The number of carboxylic acid groups (broad SMARTS) is 1. The summed E-state index contributed by atoms with van der Waals surface area (Å²) in [5.41, 5.74) is -0.241. The van der Waals surface area contributed by atoms with Crippen LogP contribution in [0.25, 0.3) is 0 Å². The average molecular weight is 584 g/mol. The van der Waals surface area contributed by atoms with E-state index in [2.05, 4.69) is 46.9 Å². The molecule has 42 heavy (non-hydrogen) atoms. The molecule has 4 fully saturated rings. The Hall–Kier alpha value is -2.18. The van der Waals surface area contributed by atoms with Crippen molar-refractivity contribution >= 4 is 23.6 Å². The first-order chi connectivity index (χ1) is 19.4. The van der Waals surface area contributed by atoms with Crippen LogP contribution in [0.3, 0.4) is 0 Å². The number of carbonyl (C=O) groups is 4. The van der Waals surface area contributed by atoms with Gasteiger partial charge in [0.15, 0.2) is 5.78 Å². The molecule has 9 atom stereocenters. The topological polar surface area (TPSA) is 110 Å². The summed E-state index contributed by atoms with van der Waals surface area (Å²) in [5.74, 6) is -0.704.